The van der Waals surface area contributed by atoms with Gasteiger partial charge in [0.2, 0.25) is 11.7 Å². The molecular weight excluding hydrogens is 325 g/mol. The number of hydrogen-bond donors (Lipinski definition) is 1. The summed E-state index contributed by atoms with van der Waals surface area (Å²) >= 11 is 3.33. The highest BCUT2D eigenvalue weighted by atomic mass is 79.9. The van der Waals surface area contributed by atoms with Crippen LogP contribution in [0.15, 0.2) is 27.2 Å². The molecule has 3 rings (SSSR count). The molecule has 2 unspecified atom stereocenters. The number of benzene rings is 1. The van der Waals surface area contributed by atoms with Crippen LogP contribution in [-0.4, -0.2) is 22.7 Å². The summed E-state index contributed by atoms with van der Waals surface area (Å²) < 4.78 is 19.1. The van der Waals surface area contributed by atoms with Crippen molar-refractivity contribution in [2.24, 2.45) is 0 Å². The van der Waals surface area contributed by atoms with Crippen LogP contribution in [0.3, 0.4) is 0 Å². The molecule has 0 saturated carbocycles. The Bertz CT molecular complexity index is 616. The van der Waals surface area contributed by atoms with Crippen LogP contribution in [-0.2, 0) is 0 Å². The third kappa shape index (κ3) is 2.76. The highest BCUT2D eigenvalue weighted by Gasteiger charge is 2.25. The van der Waals surface area contributed by atoms with Gasteiger partial charge in [0.05, 0.1) is 0 Å². The predicted octanol–water partition coefficient (Wildman–Crippen LogP) is 3.49. The average Bonchev–Trinajstić information content (AvgIpc) is 2.88. The molecule has 0 bridgehead atoms. The molecule has 1 saturated heterocycles. The van der Waals surface area contributed by atoms with Gasteiger partial charge in [-0.05, 0) is 60.4 Å². The molecule has 1 N–H and O–H groups in total. The Balaban J connectivity index is 1.86. The third-order valence-electron chi connectivity index (χ3n) is 3.59. The summed E-state index contributed by atoms with van der Waals surface area (Å²) in [6.45, 7) is 3.11. The number of halogens is 2. The smallest absolute Gasteiger partial charge is 0.230 e. The van der Waals surface area contributed by atoms with E-state index in [0.717, 1.165) is 24.9 Å². The molecule has 0 radical (unpaired) electrons. The Morgan fingerprint density at radius 3 is 3.05 bits per heavy atom. The Morgan fingerprint density at radius 1 is 1.45 bits per heavy atom. The molecule has 2 aromatic rings. The normalized spacial score (nSPS) is 22.9. The van der Waals surface area contributed by atoms with Crippen LogP contribution < -0.4 is 5.32 Å². The number of piperidine rings is 1. The number of nitrogens with zero attached hydrogens (tertiary/aromatic N) is 2. The summed E-state index contributed by atoms with van der Waals surface area (Å²) in [5, 5.41) is 7.41. The molecule has 1 aromatic heterocycles. The van der Waals surface area contributed by atoms with Crippen molar-refractivity contribution in [2.45, 2.75) is 31.7 Å². The minimum absolute atomic E-state index is 0.295. The molecule has 1 aliphatic rings. The van der Waals surface area contributed by atoms with Crippen molar-refractivity contribution < 1.29 is 8.91 Å². The highest BCUT2D eigenvalue weighted by Crippen LogP contribution is 2.31. The minimum Gasteiger partial charge on any atom is -0.339 e. The van der Waals surface area contributed by atoms with Crippen molar-refractivity contribution in [1.29, 1.82) is 0 Å². The number of aromatic nitrogens is 2. The SMILES string of the molecule is CC1CC(c2nc(-c3ccc(F)cc3Br)no2)CCN1. The molecule has 0 spiro atoms. The summed E-state index contributed by atoms with van der Waals surface area (Å²) in [5.41, 5.74) is 0.739. The van der Waals surface area contributed by atoms with Crippen molar-refractivity contribution in [2.75, 3.05) is 6.54 Å². The Kier molecular flexibility index (Phi) is 3.85. The molecule has 1 aliphatic heterocycles. The van der Waals surface area contributed by atoms with Crippen LogP contribution in [0.5, 0.6) is 0 Å². The lowest BCUT2D eigenvalue weighted by Crippen LogP contribution is -2.34. The third-order valence-corrected chi connectivity index (χ3v) is 4.24. The Hall–Kier alpha value is -1.27. The van der Waals surface area contributed by atoms with Gasteiger partial charge in [-0.1, -0.05) is 5.16 Å². The second kappa shape index (κ2) is 5.61. The Morgan fingerprint density at radius 2 is 2.30 bits per heavy atom. The average molecular weight is 340 g/mol. The topological polar surface area (TPSA) is 51.0 Å². The van der Waals surface area contributed by atoms with Crippen LogP contribution in [0.4, 0.5) is 4.39 Å². The van der Waals surface area contributed by atoms with Gasteiger partial charge in [0.15, 0.2) is 0 Å². The lowest BCUT2D eigenvalue weighted by molar-refractivity contribution is 0.295. The first-order valence-corrected chi connectivity index (χ1v) is 7.45. The van der Waals surface area contributed by atoms with Gasteiger partial charge in [-0.15, -0.1) is 0 Å². The summed E-state index contributed by atoms with van der Waals surface area (Å²) in [7, 11) is 0. The van der Waals surface area contributed by atoms with E-state index in [-0.39, 0.29) is 5.82 Å². The molecule has 6 heteroatoms. The molecule has 0 aliphatic carbocycles. The predicted molar refractivity (Wildman–Crippen MR) is 76.8 cm³/mol. The molecule has 4 nitrogen and oxygen atoms in total. The van der Waals surface area contributed by atoms with Gasteiger partial charge < -0.3 is 9.84 Å². The molecule has 0 amide bonds. The van der Waals surface area contributed by atoms with E-state index in [1.807, 2.05) is 0 Å². The van der Waals surface area contributed by atoms with E-state index in [1.54, 1.807) is 6.07 Å². The van der Waals surface area contributed by atoms with Crippen molar-refractivity contribution in [3.05, 3.63) is 34.4 Å². The second-order valence-corrected chi connectivity index (χ2v) is 6.01. The first kappa shape index (κ1) is 13.7. The van der Waals surface area contributed by atoms with Gasteiger partial charge in [-0.3, -0.25) is 0 Å². The van der Waals surface area contributed by atoms with Gasteiger partial charge in [0.25, 0.3) is 0 Å². The molecule has 1 fully saturated rings. The van der Waals surface area contributed by atoms with E-state index in [1.165, 1.54) is 12.1 Å². The van der Waals surface area contributed by atoms with E-state index in [4.69, 9.17) is 4.52 Å². The monoisotopic (exact) mass is 339 g/mol. The number of nitrogens with one attached hydrogen (secondary N) is 1. The first-order chi connectivity index (χ1) is 9.63. The van der Waals surface area contributed by atoms with Crippen molar-refractivity contribution in [3.63, 3.8) is 0 Å². The standard InChI is InChI=1S/C14H15BrFN3O/c1-8-6-9(4-5-17-8)14-18-13(19-20-14)11-3-2-10(16)7-12(11)15/h2-3,7-9,17H,4-6H2,1H3. The van der Waals surface area contributed by atoms with Gasteiger partial charge >= 0.3 is 0 Å². The van der Waals surface area contributed by atoms with Crippen LogP contribution in [0, 0.1) is 5.82 Å². The fourth-order valence-corrected chi connectivity index (χ4v) is 3.07. The van der Waals surface area contributed by atoms with Gasteiger partial charge in [-0.25, -0.2) is 4.39 Å². The fourth-order valence-electron chi connectivity index (χ4n) is 2.54. The zero-order chi connectivity index (χ0) is 14.1. The fraction of sp³-hybridized carbons (Fsp3) is 0.429. The van der Waals surface area contributed by atoms with Crippen LogP contribution in [0.2, 0.25) is 0 Å². The minimum atomic E-state index is -0.295. The first-order valence-electron chi connectivity index (χ1n) is 6.66. The maximum absolute atomic E-state index is 13.1. The zero-order valence-electron chi connectivity index (χ0n) is 11.1. The summed E-state index contributed by atoms with van der Waals surface area (Å²) in [6.07, 6.45) is 1.99. The Labute approximate surface area is 124 Å². The van der Waals surface area contributed by atoms with Crippen LogP contribution >= 0.6 is 15.9 Å². The number of hydrogen-bond acceptors (Lipinski definition) is 4. The zero-order valence-corrected chi connectivity index (χ0v) is 12.7. The van der Waals surface area contributed by atoms with E-state index in [9.17, 15) is 4.39 Å². The molecule has 1 aromatic carbocycles. The van der Waals surface area contributed by atoms with E-state index in [0.29, 0.717) is 28.1 Å². The van der Waals surface area contributed by atoms with E-state index >= 15 is 0 Å². The van der Waals surface area contributed by atoms with Crippen molar-refractivity contribution in [1.82, 2.24) is 15.5 Å². The van der Waals surface area contributed by atoms with Crippen LogP contribution in [0.1, 0.15) is 31.6 Å². The van der Waals surface area contributed by atoms with E-state index in [2.05, 4.69) is 38.3 Å². The van der Waals surface area contributed by atoms with Gasteiger partial charge in [0.1, 0.15) is 5.82 Å². The molecular formula is C14H15BrFN3O. The summed E-state index contributed by atoms with van der Waals surface area (Å²) in [5.74, 6) is 1.17. The summed E-state index contributed by atoms with van der Waals surface area (Å²) in [4.78, 5) is 4.47. The van der Waals surface area contributed by atoms with Gasteiger partial charge in [0, 0.05) is 22.0 Å². The molecule has 106 valence electrons. The quantitative estimate of drug-likeness (QED) is 0.909. The maximum Gasteiger partial charge on any atom is 0.230 e. The van der Waals surface area contributed by atoms with Gasteiger partial charge in [-0.2, -0.15) is 4.98 Å². The maximum atomic E-state index is 13.1. The lowest BCUT2D eigenvalue weighted by Gasteiger charge is -2.25. The molecule has 20 heavy (non-hydrogen) atoms. The summed E-state index contributed by atoms with van der Waals surface area (Å²) in [6, 6.07) is 4.90. The highest BCUT2D eigenvalue weighted by molar-refractivity contribution is 9.10. The lowest BCUT2D eigenvalue weighted by atomic mass is 9.93. The molecule has 2 atom stereocenters. The number of rotatable bonds is 2. The van der Waals surface area contributed by atoms with Crippen molar-refractivity contribution >= 4 is 15.9 Å². The molecule has 2 heterocycles. The largest absolute Gasteiger partial charge is 0.339 e. The van der Waals surface area contributed by atoms with Crippen molar-refractivity contribution in [3.8, 4) is 11.4 Å². The van der Waals surface area contributed by atoms with E-state index < -0.39 is 0 Å². The van der Waals surface area contributed by atoms with Crippen LogP contribution in [0.25, 0.3) is 11.4 Å². The second-order valence-electron chi connectivity index (χ2n) is 5.16.